The van der Waals surface area contributed by atoms with Gasteiger partial charge in [0, 0.05) is 25.7 Å². The molecule has 4 nitrogen and oxygen atoms in total. The monoisotopic (exact) mass is 435 g/mol. The topological polar surface area (TPSA) is 40.6 Å². The van der Waals surface area contributed by atoms with Crippen LogP contribution in [0.25, 0.3) is 10.9 Å². The highest BCUT2D eigenvalue weighted by molar-refractivity contribution is 5.67. The molecule has 1 atom stereocenters. The van der Waals surface area contributed by atoms with E-state index in [2.05, 4.69) is 48.0 Å². The summed E-state index contributed by atoms with van der Waals surface area (Å²) in [5.74, 6) is 0.659. The van der Waals surface area contributed by atoms with Gasteiger partial charge in [0.2, 0.25) is 0 Å². The third kappa shape index (κ3) is 4.57. The molecule has 0 radical (unpaired) electrons. The third-order valence-corrected chi connectivity index (χ3v) is 6.53. The molecule has 33 heavy (non-hydrogen) atoms. The van der Waals surface area contributed by atoms with Crippen LogP contribution in [0.1, 0.15) is 48.9 Å². The zero-order valence-electron chi connectivity index (χ0n) is 19.6. The number of hydrogen-bond acceptors (Lipinski definition) is 3. The Morgan fingerprint density at radius 3 is 2.76 bits per heavy atom. The first kappa shape index (κ1) is 22.4. The van der Waals surface area contributed by atoms with Crippen LogP contribution in [0.15, 0.2) is 71.6 Å². The van der Waals surface area contributed by atoms with E-state index in [9.17, 15) is 5.26 Å². The van der Waals surface area contributed by atoms with Crippen LogP contribution in [0, 0.1) is 17.9 Å². The van der Waals surface area contributed by atoms with Gasteiger partial charge < -0.3 is 9.64 Å². The smallest absolute Gasteiger partial charge is 0.265 e. The first-order valence-corrected chi connectivity index (χ1v) is 11.5. The second-order valence-corrected chi connectivity index (χ2v) is 8.92. The SMILES string of the molecule is [C-]#[N+]/C(C#N)=C1C=C(/C=C/c2cc(CC)c3c(c2)CCCN3C)OC(C)(c2ccccc2)C/1. The number of aryl methyl sites for hydroxylation is 2. The molecule has 2 aliphatic rings. The Bertz CT molecular complexity index is 1190. The standard InChI is InChI=1S/C29H29N3O/c1-5-22-16-21(17-23-10-9-15-32(4)28(22)23)13-14-26-18-24(27(20-30)31-3)19-29(2,33-26)25-11-7-6-8-12-25/h6-8,11-14,16-18H,5,9-10,15,19H2,1-2,4H3/b14-13+,27-24-. The summed E-state index contributed by atoms with van der Waals surface area (Å²) in [5, 5.41) is 9.49. The van der Waals surface area contributed by atoms with E-state index in [-0.39, 0.29) is 5.70 Å². The molecule has 2 aromatic rings. The normalized spacial score (nSPS) is 21.5. The predicted octanol–water partition coefficient (Wildman–Crippen LogP) is 6.56. The lowest BCUT2D eigenvalue weighted by Gasteiger charge is -2.36. The van der Waals surface area contributed by atoms with E-state index in [1.54, 1.807) is 0 Å². The molecule has 166 valence electrons. The second-order valence-electron chi connectivity index (χ2n) is 8.92. The van der Waals surface area contributed by atoms with E-state index in [1.165, 1.54) is 23.2 Å². The molecule has 0 aliphatic carbocycles. The van der Waals surface area contributed by atoms with Gasteiger partial charge in [-0.05, 0) is 78.3 Å². The molecule has 0 bridgehead atoms. The maximum absolute atomic E-state index is 9.49. The molecule has 2 aliphatic heterocycles. The third-order valence-electron chi connectivity index (χ3n) is 6.53. The maximum atomic E-state index is 9.49. The van der Waals surface area contributed by atoms with Gasteiger partial charge >= 0.3 is 0 Å². The number of nitriles is 1. The molecule has 0 N–H and O–H groups in total. The van der Waals surface area contributed by atoms with E-state index in [0.717, 1.165) is 30.5 Å². The average Bonchev–Trinajstić information content (AvgIpc) is 2.83. The highest BCUT2D eigenvalue weighted by Gasteiger charge is 2.34. The highest BCUT2D eigenvalue weighted by Crippen LogP contribution is 2.40. The minimum absolute atomic E-state index is 0.122. The van der Waals surface area contributed by atoms with E-state index >= 15 is 0 Å². The van der Waals surface area contributed by atoms with E-state index in [1.807, 2.05) is 49.4 Å². The van der Waals surface area contributed by atoms with Crippen LogP contribution in [-0.2, 0) is 23.2 Å². The highest BCUT2D eigenvalue weighted by atomic mass is 16.5. The van der Waals surface area contributed by atoms with Gasteiger partial charge in [0.25, 0.3) is 5.70 Å². The summed E-state index contributed by atoms with van der Waals surface area (Å²) in [4.78, 5) is 5.83. The molecular formula is C29H29N3O. The second kappa shape index (κ2) is 9.39. The lowest BCUT2D eigenvalue weighted by molar-refractivity contribution is 0.0143. The van der Waals surface area contributed by atoms with Crippen molar-refractivity contribution in [1.82, 2.24) is 0 Å². The lowest BCUT2D eigenvalue weighted by atomic mass is 9.85. The zero-order valence-corrected chi connectivity index (χ0v) is 19.6. The fourth-order valence-corrected chi connectivity index (χ4v) is 4.90. The molecule has 0 saturated carbocycles. The molecule has 1 unspecified atom stereocenters. The summed E-state index contributed by atoms with van der Waals surface area (Å²) in [6.07, 6.45) is 9.62. The van der Waals surface area contributed by atoms with Crippen molar-refractivity contribution < 1.29 is 4.74 Å². The summed E-state index contributed by atoms with van der Waals surface area (Å²) >= 11 is 0. The van der Waals surface area contributed by atoms with Crippen molar-refractivity contribution in [1.29, 1.82) is 5.26 Å². The molecule has 2 heterocycles. The Balaban J connectivity index is 1.73. The van der Waals surface area contributed by atoms with E-state index in [4.69, 9.17) is 11.3 Å². The largest absolute Gasteiger partial charge is 0.483 e. The van der Waals surface area contributed by atoms with Gasteiger partial charge in [-0.15, -0.1) is 0 Å². The predicted molar refractivity (Wildman–Crippen MR) is 133 cm³/mol. The Morgan fingerprint density at radius 1 is 1.27 bits per heavy atom. The summed E-state index contributed by atoms with van der Waals surface area (Å²) < 4.78 is 6.46. The average molecular weight is 436 g/mol. The van der Waals surface area contributed by atoms with Crippen molar-refractivity contribution >= 4 is 11.8 Å². The summed E-state index contributed by atoms with van der Waals surface area (Å²) in [7, 11) is 2.18. The molecule has 0 aromatic heterocycles. The van der Waals surface area contributed by atoms with Crippen molar-refractivity contribution in [3.05, 3.63) is 105 Å². The number of ether oxygens (including phenoxy) is 1. The van der Waals surface area contributed by atoms with Gasteiger partial charge in [0.1, 0.15) is 11.4 Å². The van der Waals surface area contributed by atoms with Crippen LogP contribution in [-0.4, -0.2) is 13.6 Å². The van der Waals surface area contributed by atoms with Gasteiger partial charge in [-0.3, -0.25) is 0 Å². The molecule has 0 saturated heterocycles. The van der Waals surface area contributed by atoms with E-state index < -0.39 is 5.60 Å². The Kier molecular flexibility index (Phi) is 6.38. The molecule has 0 spiro atoms. The van der Waals surface area contributed by atoms with Crippen molar-refractivity contribution in [2.75, 3.05) is 18.5 Å². The summed E-state index contributed by atoms with van der Waals surface area (Å²) in [6, 6.07) is 16.6. The lowest BCUT2D eigenvalue weighted by Crippen LogP contribution is -2.29. The van der Waals surface area contributed by atoms with Crippen molar-refractivity contribution in [2.45, 2.75) is 45.1 Å². The number of benzene rings is 2. The quantitative estimate of drug-likeness (QED) is 0.403. The number of hydrogen-bond donors (Lipinski definition) is 0. The fourth-order valence-electron chi connectivity index (χ4n) is 4.90. The number of anilines is 1. The van der Waals surface area contributed by atoms with Gasteiger partial charge in [0.05, 0.1) is 12.6 Å². The Labute approximate surface area is 196 Å². The Hall–Kier alpha value is -3.76. The minimum Gasteiger partial charge on any atom is -0.483 e. The van der Waals surface area contributed by atoms with Crippen LogP contribution >= 0.6 is 0 Å². The summed E-state index contributed by atoms with van der Waals surface area (Å²) in [6.45, 7) is 12.8. The first-order chi connectivity index (χ1) is 16.0. The Morgan fingerprint density at radius 2 is 2.06 bits per heavy atom. The number of rotatable bonds is 4. The van der Waals surface area contributed by atoms with Gasteiger partial charge in [-0.25, -0.2) is 10.1 Å². The molecule has 4 heteroatoms. The molecule has 2 aromatic carbocycles. The number of allylic oxidation sites excluding steroid dienone is 3. The van der Waals surface area contributed by atoms with Crippen LogP contribution in [0.4, 0.5) is 5.69 Å². The van der Waals surface area contributed by atoms with Gasteiger partial charge in [-0.1, -0.05) is 43.3 Å². The van der Waals surface area contributed by atoms with Gasteiger partial charge in [0.15, 0.2) is 0 Å². The molecule has 0 fully saturated rings. The van der Waals surface area contributed by atoms with Crippen molar-refractivity contribution in [3.8, 4) is 6.07 Å². The minimum atomic E-state index is -0.648. The zero-order chi connectivity index (χ0) is 23.4. The molecular weight excluding hydrogens is 406 g/mol. The van der Waals surface area contributed by atoms with Crippen molar-refractivity contribution in [3.63, 3.8) is 0 Å². The van der Waals surface area contributed by atoms with Gasteiger partial charge in [-0.2, -0.15) is 0 Å². The fraction of sp³-hybridized carbons (Fsp3) is 0.310. The molecule has 4 rings (SSSR count). The van der Waals surface area contributed by atoms with Crippen LogP contribution in [0.2, 0.25) is 0 Å². The van der Waals surface area contributed by atoms with Crippen LogP contribution in [0.5, 0.6) is 0 Å². The maximum Gasteiger partial charge on any atom is 0.265 e. The molecule has 0 amide bonds. The van der Waals surface area contributed by atoms with Crippen LogP contribution < -0.4 is 4.90 Å². The van der Waals surface area contributed by atoms with Crippen LogP contribution in [0.3, 0.4) is 0 Å². The summed E-state index contributed by atoms with van der Waals surface area (Å²) in [5.41, 5.74) is 6.50. The van der Waals surface area contributed by atoms with Crippen molar-refractivity contribution in [2.24, 2.45) is 0 Å². The number of fused-ring (bicyclic) bond motifs is 1. The first-order valence-electron chi connectivity index (χ1n) is 11.5. The number of nitrogens with zero attached hydrogens (tertiary/aromatic N) is 3. The van der Waals surface area contributed by atoms with E-state index in [0.29, 0.717) is 17.8 Å².